The smallest absolute Gasteiger partial charge is 0.107 e. The highest BCUT2D eigenvalue weighted by molar-refractivity contribution is 7.10. The summed E-state index contributed by atoms with van der Waals surface area (Å²) in [4.78, 5) is 9.04. The lowest BCUT2D eigenvalue weighted by Gasteiger charge is -2.19. The molecule has 0 spiro atoms. The molecule has 0 amide bonds. The van der Waals surface area contributed by atoms with E-state index in [0.29, 0.717) is 0 Å². The lowest BCUT2D eigenvalue weighted by atomic mass is 10.1. The first kappa shape index (κ1) is 12.7. The summed E-state index contributed by atoms with van der Waals surface area (Å²) in [5, 5.41) is 9.77. The molecule has 0 aliphatic heterocycles. The molecule has 2 heterocycles. The third kappa shape index (κ3) is 3.59. The number of hydrogen-bond donors (Lipinski definition) is 1. The van der Waals surface area contributed by atoms with Gasteiger partial charge in [-0.2, -0.15) is 0 Å². The van der Waals surface area contributed by atoms with Crippen molar-refractivity contribution in [2.24, 2.45) is 0 Å². The van der Waals surface area contributed by atoms with Gasteiger partial charge in [0.05, 0.1) is 5.01 Å². The summed E-state index contributed by atoms with van der Waals surface area (Å²) in [5.41, 5.74) is 2.11. The van der Waals surface area contributed by atoms with E-state index in [1.54, 1.807) is 22.7 Å². The zero-order valence-electron chi connectivity index (χ0n) is 10.6. The fourth-order valence-corrected chi connectivity index (χ4v) is 2.67. The molecule has 1 N–H and O–H groups in total. The largest absolute Gasteiger partial charge is 0.306 e. The van der Waals surface area contributed by atoms with Crippen LogP contribution in [0.15, 0.2) is 10.8 Å². The first-order chi connectivity index (χ1) is 7.94. The van der Waals surface area contributed by atoms with Gasteiger partial charge in [0, 0.05) is 22.8 Å². The summed E-state index contributed by atoms with van der Waals surface area (Å²) in [6.45, 7) is 9.31. The molecule has 2 aromatic rings. The standard InChI is InChI=1S/C12H17N3S2/c1-8-14-9(6-16-8)10-7-17-11(15-10)5-13-12(2,3)4/h6-7,13H,5H2,1-4H3. The molecule has 0 saturated heterocycles. The molecule has 0 aromatic carbocycles. The van der Waals surface area contributed by atoms with Crippen LogP contribution in [0.1, 0.15) is 30.8 Å². The number of thiazole rings is 2. The van der Waals surface area contributed by atoms with Crippen LogP contribution in [-0.4, -0.2) is 15.5 Å². The number of nitrogens with one attached hydrogen (secondary N) is 1. The predicted molar refractivity (Wildman–Crippen MR) is 74.6 cm³/mol. The van der Waals surface area contributed by atoms with E-state index < -0.39 is 0 Å². The number of aromatic nitrogens is 2. The van der Waals surface area contributed by atoms with Gasteiger partial charge in [0.15, 0.2) is 0 Å². The molecule has 17 heavy (non-hydrogen) atoms. The molecular weight excluding hydrogens is 250 g/mol. The van der Waals surface area contributed by atoms with Crippen LogP contribution in [0, 0.1) is 6.92 Å². The molecule has 0 saturated carbocycles. The SMILES string of the molecule is Cc1nc(-c2csc(CNC(C)(C)C)n2)cs1. The zero-order chi connectivity index (χ0) is 12.5. The highest BCUT2D eigenvalue weighted by Crippen LogP contribution is 2.23. The Hall–Kier alpha value is -0.780. The minimum Gasteiger partial charge on any atom is -0.306 e. The van der Waals surface area contributed by atoms with Gasteiger partial charge >= 0.3 is 0 Å². The first-order valence-electron chi connectivity index (χ1n) is 5.56. The summed E-state index contributed by atoms with van der Waals surface area (Å²) >= 11 is 3.35. The van der Waals surface area contributed by atoms with Crippen molar-refractivity contribution in [3.8, 4) is 11.4 Å². The summed E-state index contributed by atoms with van der Waals surface area (Å²) in [6, 6.07) is 0. The van der Waals surface area contributed by atoms with Crippen LogP contribution >= 0.6 is 22.7 Å². The maximum atomic E-state index is 4.60. The maximum Gasteiger partial charge on any atom is 0.107 e. The highest BCUT2D eigenvalue weighted by Gasteiger charge is 2.11. The van der Waals surface area contributed by atoms with Crippen LogP contribution in [0.3, 0.4) is 0 Å². The molecule has 0 aliphatic carbocycles. The van der Waals surface area contributed by atoms with E-state index >= 15 is 0 Å². The van der Waals surface area contributed by atoms with Crippen LogP contribution < -0.4 is 5.32 Å². The molecular formula is C12H17N3S2. The van der Waals surface area contributed by atoms with Crippen molar-refractivity contribution in [3.05, 3.63) is 20.8 Å². The van der Waals surface area contributed by atoms with Crippen molar-refractivity contribution in [2.45, 2.75) is 39.8 Å². The highest BCUT2D eigenvalue weighted by atomic mass is 32.1. The van der Waals surface area contributed by atoms with Gasteiger partial charge in [0.2, 0.25) is 0 Å². The monoisotopic (exact) mass is 267 g/mol. The summed E-state index contributed by atoms with van der Waals surface area (Å²) < 4.78 is 0. The minimum absolute atomic E-state index is 0.128. The van der Waals surface area contributed by atoms with Crippen LogP contribution in [-0.2, 0) is 6.54 Å². The Morgan fingerprint density at radius 2 is 1.76 bits per heavy atom. The Morgan fingerprint density at radius 3 is 2.35 bits per heavy atom. The van der Waals surface area contributed by atoms with Gasteiger partial charge in [-0.25, -0.2) is 9.97 Å². The molecule has 92 valence electrons. The van der Waals surface area contributed by atoms with Gasteiger partial charge in [-0.05, 0) is 27.7 Å². The third-order valence-electron chi connectivity index (χ3n) is 2.20. The van der Waals surface area contributed by atoms with E-state index in [9.17, 15) is 0 Å². The molecule has 3 nitrogen and oxygen atoms in total. The maximum absolute atomic E-state index is 4.60. The van der Waals surface area contributed by atoms with Gasteiger partial charge in [-0.15, -0.1) is 22.7 Å². The number of hydrogen-bond acceptors (Lipinski definition) is 5. The lowest BCUT2D eigenvalue weighted by Crippen LogP contribution is -2.34. The second kappa shape index (κ2) is 4.84. The second-order valence-electron chi connectivity index (χ2n) is 4.98. The number of rotatable bonds is 3. The van der Waals surface area contributed by atoms with Crippen molar-refractivity contribution < 1.29 is 0 Å². The Balaban J connectivity index is 2.06. The summed E-state index contributed by atoms with van der Waals surface area (Å²) in [6.07, 6.45) is 0. The van der Waals surface area contributed by atoms with Gasteiger partial charge < -0.3 is 5.32 Å². The van der Waals surface area contributed by atoms with Crippen molar-refractivity contribution in [3.63, 3.8) is 0 Å². The molecule has 0 fully saturated rings. The molecule has 0 aliphatic rings. The van der Waals surface area contributed by atoms with E-state index in [1.165, 1.54) is 0 Å². The van der Waals surface area contributed by atoms with Crippen molar-refractivity contribution >= 4 is 22.7 Å². The fraction of sp³-hybridized carbons (Fsp3) is 0.500. The number of nitrogens with zero attached hydrogens (tertiary/aromatic N) is 2. The molecule has 2 rings (SSSR count). The zero-order valence-corrected chi connectivity index (χ0v) is 12.2. The first-order valence-corrected chi connectivity index (χ1v) is 7.32. The lowest BCUT2D eigenvalue weighted by molar-refractivity contribution is 0.424. The van der Waals surface area contributed by atoms with Crippen LogP contribution in [0.5, 0.6) is 0 Å². The Bertz CT molecular complexity index is 494. The summed E-state index contributed by atoms with van der Waals surface area (Å²) in [7, 11) is 0. The number of aryl methyl sites for hydroxylation is 1. The topological polar surface area (TPSA) is 37.8 Å². The fourth-order valence-electron chi connectivity index (χ4n) is 1.33. The van der Waals surface area contributed by atoms with Gasteiger partial charge in [-0.1, -0.05) is 0 Å². The van der Waals surface area contributed by atoms with Crippen molar-refractivity contribution in [2.75, 3.05) is 0 Å². The van der Waals surface area contributed by atoms with Crippen LogP contribution in [0.4, 0.5) is 0 Å². The normalized spacial score (nSPS) is 12.0. The van der Waals surface area contributed by atoms with E-state index in [0.717, 1.165) is 27.9 Å². The van der Waals surface area contributed by atoms with E-state index in [2.05, 4.69) is 46.8 Å². The quantitative estimate of drug-likeness (QED) is 0.925. The molecule has 0 radical (unpaired) electrons. The third-order valence-corrected chi connectivity index (χ3v) is 3.83. The Morgan fingerprint density at radius 1 is 1.12 bits per heavy atom. The minimum atomic E-state index is 0.128. The van der Waals surface area contributed by atoms with Gasteiger partial charge in [-0.3, -0.25) is 0 Å². The van der Waals surface area contributed by atoms with E-state index in [1.807, 2.05) is 6.92 Å². The Kier molecular flexibility index (Phi) is 3.61. The van der Waals surface area contributed by atoms with E-state index in [4.69, 9.17) is 0 Å². The van der Waals surface area contributed by atoms with Crippen LogP contribution in [0.25, 0.3) is 11.4 Å². The average Bonchev–Trinajstić information content (AvgIpc) is 2.81. The van der Waals surface area contributed by atoms with Crippen molar-refractivity contribution in [1.29, 1.82) is 0 Å². The predicted octanol–water partition coefficient (Wildman–Crippen LogP) is 3.46. The average molecular weight is 267 g/mol. The molecule has 0 bridgehead atoms. The van der Waals surface area contributed by atoms with Crippen LogP contribution in [0.2, 0.25) is 0 Å². The van der Waals surface area contributed by atoms with Gasteiger partial charge in [0.25, 0.3) is 0 Å². The molecule has 0 unspecified atom stereocenters. The van der Waals surface area contributed by atoms with Gasteiger partial charge in [0.1, 0.15) is 16.4 Å². The second-order valence-corrected chi connectivity index (χ2v) is 6.99. The molecule has 0 atom stereocenters. The van der Waals surface area contributed by atoms with Crippen molar-refractivity contribution in [1.82, 2.24) is 15.3 Å². The summed E-state index contributed by atoms with van der Waals surface area (Å²) in [5.74, 6) is 0. The molecule has 5 heteroatoms. The Labute approximate surface area is 110 Å². The molecule has 2 aromatic heterocycles. The van der Waals surface area contributed by atoms with E-state index in [-0.39, 0.29) is 5.54 Å².